The van der Waals surface area contributed by atoms with Crippen LogP contribution in [-0.2, 0) is 6.54 Å². The van der Waals surface area contributed by atoms with E-state index in [0.717, 1.165) is 11.1 Å². The molecule has 0 amide bonds. The molecule has 92 valence electrons. The van der Waals surface area contributed by atoms with Gasteiger partial charge in [-0.25, -0.2) is 9.97 Å². The average molecular weight is 258 g/mol. The summed E-state index contributed by atoms with van der Waals surface area (Å²) in [5, 5.41) is 0. The van der Waals surface area contributed by atoms with Crippen LogP contribution < -0.4 is 10.6 Å². The van der Waals surface area contributed by atoms with Crippen molar-refractivity contribution in [2.24, 2.45) is 5.73 Å². The molecular weight excluding hydrogens is 244 g/mol. The van der Waals surface area contributed by atoms with Crippen LogP contribution in [0.2, 0.25) is 0 Å². The summed E-state index contributed by atoms with van der Waals surface area (Å²) in [5.74, 6) is 0.693. The lowest BCUT2D eigenvalue weighted by Gasteiger charge is -2.16. The van der Waals surface area contributed by atoms with E-state index in [-0.39, 0.29) is 0 Å². The quantitative estimate of drug-likeness (QED) is 0.847. The first-order chi connectivity index (χ1) is 8.66. The number of hydrogen-bond acceptors (Lipinski definition) is 4. The average Bonchev–Trinajstić information content (AvgIpc) is 2.40. The minimum atomic E-state index is 0.412. The Bertz CT molecular complexity index is 542. The maximum Gasteiger partial charge on any atom is 0.225 e. The summed E-state index contributed by atoms with van der Waals surface area (Å²) in [4.78, 5) is 10.8. The molecule has 0 unspecified atom stereocenters. The largest absolute Gasteiger partial charge is 0.389 e. The molecule has 0 atom stereocenters. The van der Waals surface area contributed by atoms with Crippen molar-refractivity contribution in [3.05, 3.63) is 53.9 Å². The Hall–Kier alpha value is -2.01. The standard InChI is InChI=1S/C13H14N4S/c1-17(13-15-6-3-7-16-13)9-10-4-2-5-11(8-10)12(14)18/h2-8H,9H2,1H3,(H2,14,18). The van der Waals surface area contributed by atoms with E-state index in [9.17, 15) is 0 Å². The van der Waals surface area contributed by atoms with Gasteiger partial charge in [0.2, 0.25) is 5.95 Å². The van der Waals surface area contributed by atoms with E-state index in [0.29, 0.717) is 17.5 Å². The first-order valence-corrected chi connectivity index (χ1v) is 5.94. The van der Waals surface area contributed by atoms with Gasteiger partial charge in [0.05, 0.1) is 0 Å². The third kappa shape index (κ3) is 3.01. The Balaban J connectivity index is 2.14. The molecular formula is C13H14N4S. The normalized spacial score (nSPS) is 10.1. The molecule has 2 N–H and O–H groups in total. The zero-order valence-corrected chi connectivity index (χ0v) is 10.9. The summed E-state index contributed by atoms with van der Waals surface area (Å²) in [6, 6.07) is 9.67. The van der Waals surface area contributed by atoms with Crippen molar-refractivity contribution in [1.29, 1.82) is 0 Å². The van der Waals surface area contributed by atoms with Gasteiger partial charge < -0.3 is 10.6 Å². The minimum absolute atomic E-state index is 0.412. The molecule has 0 aliphatic carbocycles. The molecule has 1 heterocycles. The van der Waals surface area contributed by atoms with Gasteiger partial charge in [0.1, 0.15) is 4.99 Å². The predicted octanol–water partition coefficient (Wildman–Crippen LogP) is 1.75. The fourth-order valence-corrected chi connectivity index (χ4v) is 1.78. The summed E-state index contributed by atoms with van der Waals surface area (Å²) in [5.41, 5.74) is 7.62. The van der Waals surface area contributed by atoms with E-state index in [1.807, 2.05) is 36.2 Å². The number of rotatable bonds is 4. The molecule has 0 saturated heterocycles. The predicted molar refractivity (Wildman–Crippen MR) is 76.5 cm³/mol. The fraction of sp³-hybridized carbons (Fsp3) is 0.154. The monoisotopic (exact) mass is 258 g/mol. The highest BCUT2D eigenvalue weighted by atomic mass is 32.1. The van der Waals surface area contributed by atoms with Crippen molar-refractivity contribution >= 4 is 23.2 Å². The zero-order chi connectivity index (χ0) is 13.0. The lowest BCUT2D eigenvalue weighted by atomic mass is 10.1. The highest BCUT2D eigenvalue weighted by Crippen LogP contribution is 2.11. The lowest BCUT2D eigenvalue weighted by molar-refractivity contribution is 0.866. The molecule has 0 spiro atoms. The Morgan fingerprint density at radius 1 is 1.28 bits per heavy atom. The lowest BCUT2D eigenvalue weighted by Crippen LogP contribution is -2.19. The topological polar surface area (TPSA) is 55.0 Å². The van der Waals surface area contributed by atoms with E-state index < -0.39 is 0 Å². The summed E-state index contributed by atoms with van der Waals surface area (Å²) in [6.45, 7) is 0.709. The first kappa shape index (κ1) is 12.4. The van der Waals surface area contributed by atoms with E-state index in [2.05, 4.69) is 9.97 Å². The number of hydrogen-bond donors (Lipinski definition) is 1. The molecule has 18 heavy (non-hydrogen) atoms. The second kappa shape index (κ2) is 5.55. The highest BCUT2D eigenvalue weighted by molar-refractivity contribution is 7.80. The Morgan fingerprint density at radius 3 is 2.67 bits per heavy atom. The van der Waals surface area contributed by atoms with Gasteiger partial charge in [-0.05, 0) is 17.7 Å². The first-order valence-electron chi connectivity index (χ1n) is 5.54. The molecule has 0 fully saturated rings. The highest BCUT2D eigenvalue weighted by Gasteiger charge is 2.05. The van der Waals surface area contributed by atoms with Gasteiger partial charge in [0.25, 0.3) is 0 Å². The molecule has 0 aliphatic heterocycles. The molecule has 0 bridgehead atoms. The van der Waals surface area contributed by atoms with Crippen LogP contribution in [0, 0.1) is 0 Å². The number of nitrogens with zero attached hydrogens (tertiary/aromatic N) is 3. The van der Waals surface area contributed by atoms with E-state index in [4.69, 9.17) is 18.0 Å². The second-order valence-corrected chi connectivity index (χ2v) is 4.41. The molecule has 1 aromatic carbocycles. The van der Waals surface area contributed by atoms with Crippen LogP contribution in [0.15, 0.2) is 42.7 Å². The van der Waals surface area contributed by atoms with Gasteiger partial charge >= 0.3 is 0 Å². The summed E-state index contributed by atoms with van der Waals surface area (Å²) in [7, 11) is 1.95. The van der Waals surface area contributed by atoms with Crippen molar-refractivity contribution in [1.82, 2.24) is 9.97 Å². The SMILES string of the molecule is CN(Cc1cccc(C(N)=S)c1)c1ncccn1. The molecule has 0 aliphatic rings. The summed E-state index contributed by atoms with van der Waals surface area (Å²) < 4.78 is 0. The maximum absolute atomic E-state index is 5.62. The molecule has 1 aromatic heterocycles. The van der Waals surface area contributed by atoms with Crippen LogP contribution in [0.3, 0.4) is 0 Å². The van der Waals surface area contributed by atoms with Gasteiger partial charge in [0.15, 0.2) is 0 Å². The number of aromatic nitrogens is 2. The molecule has 0 radical (unpaired) electrons. The van der Waals surface area contributed by atoms with Crippen molar-refractivity contribution in [2.45, 2.75) is 6.54 Å². The third-order valence-electron chi connectivity index (χ3n) is 2.52. The van der Waals surface area contributed by atoms with Gasteiger partial charge in [-0.15, -0.1) is 0 Å². The van der Waals surface area contributed by atoms with Gasteiger partial charge in [-0.2, -0.15) is 0 Å². The van der Waals surface area contributed by atoms with Crippen molar-refractivity contribution < 1.29 is 0 Å². The Labute approximate surface area is 111 Å². The summed E-state index contributed by atoms with van der Waals surface area (Å²) >= 11 is 4.97. The molecule has 0 saturated carbocycles. The van der Waals surface area contributed by atoms with E-state index in [1.54, 1.807) is 18.5 Å². The number of benzene rings is 1. The van der Waals surface area contributed by atoms with Gasteiger partial charge in [-0.3, -0.25) is 0 Å². The number of anilines is 1. The van der Waals surface area contributed by atoms with Crippen molar-refractivity contribution in [3.8, 4) is 0 Å². The second-order valence-electron chi connectivity index (χ2n) is 3.97. The maximum atomic E-state index is 5.62. The van der Waals surface area contributed by atoms with Gasteiger partial charge in [0, 0.05) is 31.5 Å². The summed E-state index contributed by atoms with van der Waals surface area (Å²) in [6.07, 6.45) is 3.45. The minimum Gasteiger partial charge on any atom is -0.389 e. The number of thiocarbonyl (C=S) groups is 1. The van der Waals surface area contributed by atoms with Crippen LogP contribution in [-0.4, -0.2) is 22.0 Å². The Morgan fingerprint density at radius 2 is 2.00 bits per heavy atom. The zero-order valence-electron chi connectivity index (χ0n) is 10.1. The van der Waals surface area contributed by atoms with E-state index >= 15 is 0 Å². The molecule has 2 rings (SSSR count). The van der Waals surface area contributed by atoms with Crippen LogP contribution in [0.4, 0.5) is 5.95 Å². The molecule has 5 heteroatoms. The van der Waals surface area contributed by atoms with Crippen molar-refractivity contribution in [3.63, 3.8) is 0 Å². The van der Waals surface area contributed by atoms with Crippen LogP contribution >= 0.6 is 12.2 Å². The Kier molecular flexibility index (Phi) is 3.84. The molecule has 4 nitrogen and oxygen atoms in total. The van der Waals surface area contributed by atoms with Crippen LogP contribution in [0.5, 0.6) is 0 Å². The van der Waals surface area contributed by atoms with Crippen LogP contribution in [0.1, 0.15) is 11.1 Å². The van der Waals surface area contributed by atoms with Crippen molar-refractivity contribution in [2.75, 3.05) is 11.9 Å². The number of nitrogens with two attached hydrogens (primary N) is 1. The molecule has 2 aromatic rings. The van der Waals surface area contributed by atoms with Crippen LogP contribution in [0.25, 0.3) is 0 Å². The smallest absolute Gasteiger partial charge is 0.225 e. The van der Waals surface area contributed by atoms with E-state index in [1.165, 1.54) is 0 Å². The fourth-order valence-electron chi connectivity index (χ4n) is 1.66. The third-order valence-corrected chi connectivity index (χ3v) is 2.76. The van der Waals surface area contributed by atoms with Gasteiger partial charge in [-0.1, -0.05) is 30.4 Å².